The molecule has 0 aliphatic heterocycles. The summed E-state index contributed by atoms with van der Waals surface area (Å²) in [5.41, 5.74) is 0.246. The van der Waals surface area contributed by atoms with Crippen LogP contribution in [-0.2, 0) is 11.8 Å². The number of aryl methyl sites for hydroxylation is 1. The molecule has 1 saturated carbocycles. The second-order valence-corrected chi connectivity index (χ2v) is 7.31. The molecule has 0 saturated heterocycles. The van der Waals surface area contributed by atoms with Gasteiger partial charge in [-0.05, 0) is 37.8 Å². The Morgan fingerprint density at radius 1 is 1.11 bits per heavy atom. The van der Waals surface area contributed by atoms with Crippen molar-refractivity contribution in [3.63, 3.8) is 0 Å². The van der Waals surface area contributed by atoms with Crippen LogP contribution in [0.1, 0.15) is 36.0 Å². The van der Waals surface area contributed by atoms with Crippen LogP contribution in [0.5, 0.6) is 5.75 Å². The van der Waals surface area contributed by atoms with Crippen LogP contribution in [0.2, 0.25) is 0 Å². The minimum absolute atomic E-state index is 0.214. The van der Waals surface area contributed by atoms with E-state index in [1.165, 1.54) is 4.68 Å². The van der Waals surface area contributed by atoms with Gasteiger partial charge in [-0.3, -0.25) is 14.4 Å². The van der Waals surface area contributed by atoms with Crippen LogP contribution in [0.4, 0.5) is 0 Å². The van der Waals surface area contributed by atoms with Gasteiger partial charge in [0.2, 0.25) is 0 Å². The SMILES string of the molecule is Cn1c(=O)c(C(=O)NC2CCC(C(=O)O)CC2)c(O)c2cc3ccccc3n21. The highest BCUT2D eigenvalue weighted by molar-refractivity contribution is 6.00. The van der Waals surface area contributed by atoms with Crippen LogP contribution in [0.25, 0.3) is 16.4 Å². The van der Waals surface area contributed by atoms with E-state index in [0.717, 1.165) is 10.9 Å². The van der Waals surface area contributed by atoms with Crippen molar-refractivity contribution >= 4 is 28.3 Å². The van der Waals surface area contributed by atoms with Crippen molar-refractivity contribution < 1.29 is 19.8 Å². The summed E-state index contributed by atoms with van der Waals surface area (Å²) in [6.07, 6.45) is 2.02. The monoisotopic (exact) mass is 383 g/mol. The molecule has 3 aromatic rings. The van der Waals surface area contributed by atoms with Crippen LogP contribution < -0.4 is 10.9 Å². The smallest absolute Gasteiger partial charge is 0.306 e. The molecule has 1 aliphatic carbocycles. The molecular weight excluding hydrogens is 362 g/mol. The lowest BCUT2D eigenvalue weighted by molar-refractivity contribution is -0.142. The normalized spacial score (nSPS) is 19.8. The Labute approximate surface area is 160 Å². The number of aromatic hydroxyl groups is 1. The fourth-order valence-electron chi connectivity index (χ4n) is 4.06. The van der Waals surface area contributed by atoms with Gasteiger partial charge in [-0.25, -0.2) is 9.20 Å². The molecule has 1 aliphatic rings. The van der Waals surface area contributed by atoms with Gasteiger partial charge in [-0.15, -0.1) is 0 Å². The molecule has 0 radical (unpaired) electrons. The molecule has 1 fully saturated rings. The van der Waals surface area contributed by atoms with Gasteiger partial charge < -0.3 is 15.5 Å². The third-order valence-corrected chi connectivity index (χ3v) is 5.61. The second-order valence-electron chi connectivity index (χ2n) is 7.31. The number of para-hydroxylation sites is 1. The first-order chi connectivity index (χ1) is 13.4. The van der Waals surface area contributed by atoms with Crippen LogP contribution in [0.3, 0.4) is 0 Å². The van der Waals surface area contributed by atoms with Gasteiger partial charge in [0, 0.05) is 18.5 Å². The molecular formula is C20H21N3O5. The van der Waals surface area contributed by atoms with Crippen molar-refractivity contribution in [1.29, 1.82) is 0 Å². The summed E-state index contributed by atoms with van der Waals surface area (Å²) in [4.78, 5) is 36.6. The Morgan fingerprint density at radius 3 is 2.46 bits per heavy atom. The Bertz CT molecular complexity index is 1150. The number of carbonyl (C=O) groups excluding carboxylic acids is 1. The number of carbonyl (C=O) groups is 2. The van der Waals surface area contributed by atoms with E-state index in [1.807, 2.05) is 24.3 Å². The van der Waals surface area contributed by atoms with Gasteiger partial charge in [0.15, 0.2) is 5.75 Å². The Hall–Kier alpha value is -3.29. The van der Waals surface area contributed by atoms with Gasteiger partial charge in [0.05, 0.1) is 11.4 Å². The average molecular weight is 383 g/mol. The molecule has 28 heavy (non-hydrogen) atoms. The van der Waals surface area contributed by atoms with Crippen molar-refractivity contribution in [3.05, 3.63) is 46.2 Å². The van der Waals surface area contributed by atoms with Gasteiger partial charge in [0.1, 0.15) is 11.1 Å². The van der Waals surface area contributed by atoms with E-state index < -0.39 is 17.4 Å². The fourth-order valence-corrected chi connectivity index (χ4v) is 4.06. The standard InChI is InChI=1S/C20H21N3O5/c1-22-19(26)16(18(25)21-13-8-6-11(7-9-13)20(27)28)17(24)15-10-12-4-2-3-5-14(12)23(15)22/h2-5,10-11,13,24H,6-9H2,1H3,(H,21,25)(H,27,28). The zero-order valence-electron chi connectivity index (χ0n) is 15.4. The van der Waals surface area contributed by atoms with E-state index in [-0.39, 0.29) is 23.3 Å². The summed E-state index contributed by atoms with van der Waals surface area (Å²) in [6.45, 7) is 0. The Kier molecular flexibility index (Phi) is 4.33. The number of aliphatic carboxylic acids is 1. The summed E-state index contributed by atoms with van der Waals surface area (Å²) < 4.78 is 2.90. The van der Waals surface area contributed by atoms with E-state index in [4.69, 9.17) is 5.11 Å². The van der Waals surface area contributed by atoms with Crippen molar-refractivity contribution in [1.82, 2.24) is 14.5 Å². The third kappa shape index (κ3) is 2.81. The van der Waals surface area contributed by atoms with E-state index in [2.05, 4.69) is 5.32 Å². The maximum absolute atomic E-state index is 12.8. The van der Waals surface area contributed by atoms with Crippen LogP contribution in [0, 0.1) is 5.92 Å². The van der Waals surface area contributed by atoms with Gasteiger partial charge in [0.25, 0.3) is 11.5 Å². The molecule has 4 rings (SSSR count). The second kappa shape index (κ2) is 6.70. The molecule has 0 atom stereocenters. The molecule has 1 amide bonds. The number of hydrogen-bond acceptors (Lipinski definition) is 4. The molecule has 3 N–H and O–H groups in total. The maximum atomic E-state index is 12.8. The highest BCUT2D eigenvalue weighted by Crippen LogP contribution is 2.28. The van der Waals surface area contributed by atoms with Gasteiger partial charge in [-0.1, -0.05) is 18.2 Å². The zero-order valence-corrected chi connectivity index (χ0v) is 15.4. The molecule has 0 spiro atoms. The van der Waals surface area contributed by atoms with E-state index in [1.54, 1.807) is 17.6 Å². The lowest BCUT2D eigenvalue weighted by Gasteiger charge is -2.26. The fraction of sp³-hybridized carbons (Fsp3) is 0.350. The molecule has 2 heterocycles. The third-order valence-electron chi connectivity index (χ3n) is 5.61. The van der Waals surface area contributed by atoms with Crippen molar-refractivity contribution in [2.75, 3.05) is 0 Å². The minimum Gasteiger partial charge on any atom is -0.505 e. The molecule has 0 bridgehead atoms. The Morgan fingerprint density at radius 2 is 1.79 bits per heavy atom. The molecule has 0 unspecified atom stereocenters. The Balaban J connectivity index is 1.69. The summed E-state index contributed by atoms with van der Waals surface area (Å²) >= 11 is 0. The van der Waals surface area contributed by atoms with Crippen molar-refractivity contribution in [2.45, 2.75) is 31.7 Å². The maximum Gasteiger partial charge on any atom is 0.306 e. The molecule has 8 heteroatoms. The zero-order chi connectivity index (χ0) is 20.0. The molecule has 8 nitrogen and oxygen atoms in total. The molecule has 2 aromatic heterocycles. The number of carboxylic acid groups (broad SMARTS) is 1. The predicted molar refractivity (Wildman–Crippen MR) is 103 cm³/mol. The number of nitrogens with zero attached hydrogens (tertiary/aromatic N) is 2. The highest BCUT2D eigenvalue weighted by Gasteiger charge is 2.29. The number of nitrogens with one attached hydrogen (secondary N) is 1. The first-order valence-electron chi connectivity index (χ1n) is 9.24. The van der Waals surface area contributed by atoms with Crippen LogP contribution in [0.15, 0.2) is 35.1 Å². The number of benzene rings is 1. The predicted octanol–water partition coefficient (Wildman–Crippen LogP) is 1.87. The van der Waals surface area contributed by atoms with Crippen molar-refractivity contribution in [2.24, 2.45) is 13.0 Å². The number of rotatable bonds is 3. The average Bonchev–Trinajstić information content (AvgIpc) is 3.07. The largest absolute Gasteiger partial charge is 0.505 e. The summed E-state index contributed by atoms with van der Waals surface area (Å²) in [7, 11) is 1.55. The molecule has 1 aromatic carbocycles. The highest BCUT2D eigenvalue weighted by atomic mass is 16.4. The number of fused-ring (bicyclic) bond motifs is 3. The number of amides is 1. The minimum atomic E-state index is -0.818. The quantitative estimate of drug-likeness (QED) is 0.639. The van der Waals surface area contributed by atoms with E-state index in [9.17, 15) is 19.5 Å². The topological polar surface area (TPSA) is 113 Å². The number of carboxylic acids is 1. The van der Waals surface area contributed by atoms with Crippen molar-refractivity contribution in [3.8, 4) is 5.75 Å². The van der Waals surface area contributed by atoms with Crippen LogP contribution in [-0.4, -0.2) is 37.3 Å². The van der Waals surface area contributed by atoms with Gasteiger partial charge >= 0.3 is 5.97 Å². The van der Waals surface area contributed by atoms with E-state index in [0.29, 0.717) is 31.2 Å². The lowest BCUT2D eigenvalue weighted by atomic mass is 9.86. The van der Waals surface area contributed by atoms with Gasteiger partial charge in [-0.2, -0.15) is 0 Å². The van der Waals surface area contributed by atoms with E-state index >= 15 is 0 Å². The molecule has 146 valence electrons. The summed E-state index contributed by atoms with van der Waals surface area (Å²) in [5, 5.41) is 23.4. The lowest BCUT2D eigenvalue weighted by Crippen LogP contribution is -2.41. The summed E-state index contributed by atoms with van der Waals surface area (Å²) in [6, 6.07) is 8.92. The summed E-state index contributed by atoms with van der Waals surface area (Å²) in [5.74, 6) is -2.19. The first-order valence-corrected chi connectivity index (χ1v) is 9.24. The number of hydrogen-bond donors (Lipinski definition) is 3. The number of aromatic nitrogens is 2. The van der Waals surface area contributed by atoms with Crippen LogP contribution >= 0.6 is 0 Å². The first kappa shape index (κ1) is 18.1.